The van der Waals surface area contributed by atoms with Gasteiger partial charge in [-0.2, -0.15) is 18.3 Å². The van der Waals surface area contributed by atoms with Crippen molar-refractivity contribution >= 4 is 40.2 Å². The van der Waals surface area contributed by atoms with Gasteiger partial charge in [-0.15, -0.1) is 0 Å². The molecule has 178 valence electrons. The van der Waals surface area contributed by atoms with Crippen LogP contribution in [0, 0.1) is 6.92 Å². The lowest BCUT2D eigenvalue weighted by Crippen LogP contribution is -2.56. The average Bonchev–Trinajstić information content (AvgIpc) is 3.18. The van der Waals surface area contributed by atoms with Gasteiger partial charge >= 0.3 is 12.2 Å². The maximum Gasteiger partial charge on any atom is 0.389 e. The topological polar surface area (TPSA) is 120 Å². The number of urea groups is 1. The fourth-order valence-electron chi connectivity index (χ4n) is 4.35. The summed E-state index contributed by atoms with van der Waals surface area (Å²) in [5.74, 6) is -0.673. The maximum atomic E-state index is 13.4. The zero-order valence-electron chi connectivity index (χ0n) is 18.2. The summed E-state index contributed by atoms with van der Waals surface area (Å²) in [6, 6.07) is 2.87. The number of anilines is 3. The number of nitrogens with zero attached hydrogens (tertiary/aromatic N) is 6. The summed E-state index contributed by atoms with van der Waals surface area (Å²) in [5.41, 5.74) is 1.88. The number of pyridine rings is 1. The van der Waals surface area contributed by atoms with Crippen molar-refractivity contribution in [1.82, 2.24) is 25.1 Å². The number of aromatic nitrogens is 5. The standard InChI is InChI=1S/C21H21F3N8O2/c1-11-4-5-13-16(26-11)29-30-17(13)28-20(34)32-12-3-2-8-31(10-12)14-9-25-18(27-19(14)32)15(33)6-7-21(22,23)24/h4-5,9,12H,2-3,6-8,10H2,1H3,(H2,26,28,29,30,34)/t12-/m0/s1. The maximum absolute atomic E-state index is 13.4. The number of ketones is 1. The van der Waals surface area contributed by atoms with Crippen LogP contribution in [0.25, 0.3) is 11.0 Å². The number of amides is 2. The van der Waals surface area contributed by atoms with Gasteiger partial charge in [-0.25, -0.2) is 19.7 Å². The van der Waals surface area contributed by atoms with Gasteiger partial charge in [0.05, 0.1) is 29.7 Å². The molecule has 0 aromatic carbocycles. The largest absolute Gasteiger partial charge is 0.389 e. The third kappa shape index (κ3) is 4.13. The predicted octanol–water partition coefficient (Wildman–Crippen LogP) is 3.60. The molecule has 1 saturated heterocycles. The molecule has 0 spiro atoms. The summed E-state index contributed by atoms with van der Waals surface area (Å²) in [6.45, 7) is 3.14. The van der Waals surface area contributed by atoms with Gasteiger partial charge in [0.1, 0.15) is 0 Å². The molecular weight excluding hydrogens is 453 g/mol. The van der Waals surface area contributed by atoms with Gasteiger partial charge in [0.25, 0.3) is 0 Å². The van der Waals surface area contributed by atoms with E-state index in [1.54, 1.807) is 12.1 Å². The number of rotatable bonds is 4. The van der Waals surface area contributed by atoms with Crippen molar-refractivity contribution in [1.29, 1.82) is 0 Å². The van der Waals surface area contributed by atoms with Crippen molar-refractivity contribution in [2.45, 2.75) is 44.8 Å². The summed E-state index contributed by atoms with van der Waals surface area (Å²) in [4.78, 5) is 41.8. The first kappa shape index (κ1) is 22.0. The van der Waals surface area contributed by atoms with Gasteiger partial charge in [0, 0.05) is 25.2 Å². The lowest BCUT2D eigenvalue weighted by molar-refractivity contribution is -0.133. The van der Waals surface area contributed by atoms with E-state index in [1.807, 2.05) is 11.8 Å². The zero-order valence-corrected chi connectivity index (χ0v) is 18.2. The molecule has 0 radical (unpaired) electrons. The number of halogens is 3. The number of aryl methyl sites for hydroxylation is 1. The number of carbonyl (C=O) groups is 2. The highest BCUT2D eigenvalue weighted by atomic mass is 19.4. The Morgan fingerprint density at radius 2 is 2.09 bits per heavy atom. The summed E-state index contributed by atoms with van der Waals surface area (Å²) in [7, 11) is 0. The number of hydrogen-bond acceptors (Lipinski definition) is 7. The average molecular weight is 474 g/mol. The number of alkyl halides is 3. The van der Waals surface area contributed by atoms with E-state index in [2.05, 4.69) is 30.5 Å². The van der Waals surface area contributed by atoms with Crippen molar-refractivity contribution in [3.63, 3.8) is 0 Å². The lowest BCUT2D eigenvalue weighted by atomic mass is 10.0. The summed E-state index contributed by atoms with van der Waals surface area (Å²) in [6.07, 6.45) is -3.51. The van der Waals surface area contributed by atoms with Crippen molar-refractivity contribution in [2.75, 3.05) is 28.2 Å². The van der Waals surface area contributed by atoms with E-state index < -0.39 is 30.8 Å². The molecule has 0 unspecified atom stereocenters. The molecule has 2 aliphatic heterocycles. The first-order valence-electron chi connectivity index (χ1n) is 10.8. The number of Topliss-reactive ketones (excluding diaryl/α,β-unsaturated/α-hetero) is 1. The Bertz CT molecular complexity index is 1270. The minimum Gasteiger partial charge on any atom is -0.365 e. The van der Waals surface area contributed by atoms with E-state index in [0.717, 1.165) is 18.7 Å². The SMILES string of the molecule is Cc1ccc2c(NC(=O)N3c4nc(C(=O)CCC(F)(F)F)ncc4N4CCC[C@H]3C4)n[nH]c2n1. The quantitative estimate of drug-likeness (QED) is 0.555. The fourth-order valence-corrected chi connectivity index (χ4v) is 4.35. The number of carbonyl (C=O) groups excluding carboxylic acids is 2. The Morgan fingerprint density at radius 1 is 1.26 bits per heavy atom. The summed E-state index contributed by atoms with van der Waals surface area (Å²) < 4.78 is 37.7. The summed E-state index contributed by atoms with van der Waals surface area (Å²) >= 11 is 0. The number of aromatic amines is 1. The molecule has 2 N–H and O–H groups in total. The number of fused-ring (bicyclic) bond motifs is 5. The Kier molecular flexibility index (Phi) is 5.33. The molecular formula is C21H21F3N8O2. The van der Waals surface area contributed by atoms with Crippen molar-refractivity contribution in [2.24, 2.45) is 0 Å². The Morgan fingerprint density at radius 3 is 2.88 bits per heavy atom. The van der Waals surface area contributed by atoms with Gasteiger partial charge in [-0.05, 0) is 31.9 Å². The van der Waals surface area contributed by atoms with Crippen LogP contribution in [0.4, 0.5) is 35.3 Å². The number of piperidine rings is 1. The van der Waals surface area contributed by atoms with Gasteiger partial charge < -0.3 is 4.90 Å². The van der Waals surface area contributed by atoms with Crippen LogP contribution < -0.4 is 15.1 Å². The molecule has 0 aliphatic carbocycles. The van der Waals surface area contributed by atoms with Gasteiger partial charge in [-0.3, -0.25) is 20.1 Å². The Balaban J connectivity index is 1.46. The number of H-pyrrole nitrogens is 1. The minimum atomic E-state index is -4.46. The molecule has 0 saturated carbocycles. The molecule has 34 heavy (non-hydrogen) atoms. The Labute approximate surface area is 191 Å². The molecule has 3 aromatic rings. The van der Waals surface area contributed by atoms with Crippen molar-refractivity contribution in [3.05, 3.63) is 29.8 Å². The van der Waals surface area contributed by atoms with E-state index in [9.17, 15) is 22.8 Å². The minimum absolute atomic E-state index is 0.201. The van der Waals surface area contributed by atoms with Gasteiger partial charge in [-0.1, -0.05) is 0 Å². The number of nitrogens with one attached hydrogen (secondary N) is 2. The normalized spacial score (nSPS) is 17.6. The second kappa shape index (κ2) is 8.22. The van der Waals surface area contributed by atoms with Crippen LogP contribution in [0.2, 0.25) is 0 Å². The van der Waals surface area contributed by atoms with Gasteiger partial charge in [0.15, 0.2) is 28.9 Å². The molecule has 2 aliphatic rings. The molecule has 1 atom stereocenters. The first-order valence-corrected chi connectivity index (χ1v) is 10.8. The molecule has 1 fully saturated rings. The van der Waals surface area contributed by atoms with Crippen LogP contribution in [-0.4, -0.2) is 62.3 Å². The molecule has 13 heteroatoms. The highest BCUT2D eigenvalue weighted by Crippen LogP contribution is 2.38. The molecule has 2 amide bonds. The van der Waals surface area contributed by atoms with E-state index in [0.29, 0.717) is 35.5 Å². The van der Waals surface area contributed by atoms with Crippen LogP contribution >= 0.6 is 0 Å². The number of hydrogen-bond donors (Lipinski definition) is 2. The monoisotopic (exact) mass is 474 g/mol. The van der Waals surface area contributed by atoms with Gasteiger partial charge in [0.2, 0.25) is 0 Å². The van der Waals surface area contributed by atoms with Crippen molar-refractivity contribution < 1.29 is 22.8 Å². The predicted molar refractivity (Wildman–Crippen MR) is 117 cm³/mol. The molecule has 3 aromatic heterocycles. The molecule has 2 bridgehead atoms. The van der Waals surface area contributed by atoms with E-state index in [1.165, 1.54) is 11.1 Å². The highest BCUT2D eigenvalue weighted by Gasteiger charge is 2.39. The highest BCUT2D eigenvalue weighted by molar-refractivity contribution is 6.07. The van der Waals surface area contributed by atoms with Crippen molar-refractivity contribution in [3.8, 4) is 0 Å². The Hall–Kier alpha value is -3.77. The second-order valence-electron chi connectivity index (χ2n) is 8.40. The molecule has 5 rings (SSSR count). The molecule has 10 nitrogen and oxygen atoms in total. The van der Waals surface area contributed by atoms with E-state index >= 15 is 0 Å². The van der Waals surface area contributed by atoms with E-state index in [-0.39, 0.29) is 17.7 Å². The third-order valence-corrected chi connectivity index (χ3v) is 5.97. The summed E-state index contributed by atoms with van der Waals surface area (Å²) in [5, 5.41) is 10.4. The molecule has 5 heterocycles. The van der Waals surface area contributed by atoms with Crippen LogP contribution in [0.1, 0.15) is 42.0 Å². The fraction of sp³-hybridized carbons (Fsp3) is 0.429. The second-order valence-corrected chi connectivity index (χ2v) is 8.40. The van der Waals surface area contributed by atoms with Crippen LogP contribution in [-0.2, 0) is 0 Å². The smallest absolute Gasteiger partial charge is 0.365 e. The first-order chi connectivity index (χ1) is 16.2. The lowest BCUT2D eigenvalue weighted by Gasteiger charge is -2.45. The third-order valence-electron chi connectivity index (χ3n) is 5.97. The van der Waals surface area contributed by atoms with E-state index in [4.69, 9.17) is 0 Å². The zero-order chi connectivity index (χ0) is 24.0. The van der Waals surface area contributed by atoms with Crippen LogP contribution in [0.3, 0.4) is 0 Å². The van der Waals surface area contributed by atoms with Crippen LogP contribution in [0.5, 0.6) is 0 Å². The van der Waals surface area contributed by atoms with Crippen LogP contribution in [0.15, 0.2) is 18.3 Å².